The number of benzene rings is 1. The molecule has 1 rings (SSSR count). The lowest BCUT2D eigenvalue weighted by molar-refractivity contribution is -0.139. The van der Waals surface area contributed by atoms with Gasteiger partial charge in [-0.15, -0.1) is 0 Å². The van der Waals surface area contributed by atoms with E-state index in [0.717, 1.165) is 18.4 Å². The highest BCUT2D eigenvalue weighted by atomic mass is 32.2. The number of aryl methyl sites for hydroxylation is 1. The van der Waals surface area contributed by atoms with E-state index >= 15 is 0 Å². The third-order valence-corrected chi connectivity index (χ3v) is 4.53. The predicted molar refractivity (Wildman–Crippen MR) is 77.1 cm³/mol. The van der Waals surface area contributed by atoms with Gasteiger partial charge in [-0.05, 0) is 30.5 Å². The van der Waals surface area contributed by atoms with E-state index in [1.165, 1.54) is 6.07 Å². The van der Waals surface area contributed by atoms with E-state index in [4.69, 9.17) is 5.11 Å². The summed E-state index contributed by atoms with van der Waals surface area (Å²) >= 11 is 0. The molecule has 0 saturated heterocycles. The molecule has 1 atom stereocenters. The van der Waals surface area contributed by atoms with Crippen LogP contribution in [-0.4, -0.2) is 25.5 Å². The lowest BCUT2D eigenvalue weighted by Gasteiger charge is -2.14. The zero-order valence-electron chi connectivity index (χ0n) is 11.8. The third kappa shape index (κ3) is 4.61. The number of carboxylic acids is 1. The number of sulfonamides is 1. The van der Waals surface area contributed by atoms with Crippen LogP contribution in [0, 0.1) is 0 Å². The Labute approximate surface area is 120 Å². The number of nitrogens with one attached hydrogen (secondary N) is 1. The first kappa shape index (κ1) is 16.7. The molecule has 0 saturated carbocycles. The average Bonchev–Trinajstić information content (AvgIpc) is 2.43. The van der Waals surface area contributed by atoms with Crippen molar-refractivity contribution in [1.82, 2.24) is 4.72 Å². The number of hydrogen-bond donors (Lipinski definition) is 2. The van der Waals surface area contributed by atoms with Crippen LogP contribution < -0.4 is 4.72 Å². The number of hydrogen-bond acceptors (Lipinski definition) is 3. The van der Waals surface area contributed by atoms with Gasteiger partial charge in [-0.1, -0.05) is 38.8 Å². The molecule has 0 aliphatic heterocycles. The highest BCUT2D eigenvalue weighted by molar-refractivity contribution is 7.89. The number of unbranched alkanes of at least 4 members (excludes halogenated alkanes) is 1. The Morgan fingerprint density at radius 2 is 2.05 bits per heavy atom. The Kier molecular flexibility index (Phi) is 6.16. The van der Waals surface area contributed by atoms with Crippen LogP contribution in [-0.2, 0) is 21.2 Å². The normalized spacial score (nSPS) is 13.1. The van der Waals surface area contributed by atoms with Gasteiger partial charge in [-0.2, -0.15) is 4.72 Å². The number of carboxylic acid groups (broad SMARTS) is 1. The number of aliphatic carboxylic acids is 1. The Morgan fingerprint density at radius 3 is 2.60 bits per heavy atom. The first-order valence-corrected chi connectivity index (χ1v) is 8.23. The van der Waals surface area contributed by atoms with Gasteiger partial charge in [-0.3, -0.25) is 4.79 Å². The fraction of sp³-hybridized carbons (Fsp3) is 0.500. The highest BCUT2D eigenvalue weighted by Crippen LogP contribution is 2.13. The molecule has 0 fully saturated rings. The predicted octanol–water partition coefficient (Wildman–Crippen LogP) is 2.17. The second-order valence-electron chi connectivity index (χ2n) is 4.66. The molecule has 20 heavy (non-hydrogen) atoms. The fourth-order valence-corrected chi connectivity index (χ4v) is 3.12. The van der Waals surface area contributed by atoms with Gasteiger partial charge in [0.15, 0.2) is 0 Å². The van der Waals surface area contributed by atoms with Crippen molar-refractivity contribution in [2.75, 3.05) is 0 Å². The van der Waals surface area contributed by atoms with Gasteiger partial charge in [0.05, 0.1) is 4.90 Å². The van der Waals surface area contributed by atoms with Crippen molar-refractivity contribution < 1.29 is 18.3 Å². The van der Waals surface area contributed by atoms with Crippen molar-refractivity contribution in [2.45, 2.75) is 50.5 Å². The number of rotatable bonds is 8. The molecule has 2 N–H and O–H groups in total. The summed E-state index contributed by atoms with van der Waals surface area (Å²) in [5.41, 5.74) is 0.897. The molecule has 0 aliphatic rings. The maximum atomic E-state index is 12.2. The standard InChI is InChI=1S/C14H21NO4S/c1-3-5-9-13(14(16)17)15-20(18,19)12-8-6-7-11(4-2)10-12/h6-8,10,13,15H,3-5,9H2,1-2H3,(H,16,17)/t13-/m0/s1. The van der Waals surface area contributed by atoms with Gasteiger partial charge >= 0.3 is 5.97 Å². The molecule has 5 nitrogen and oxygen atoms in total. The minimum atomic E-state index is -3.80. The first-order chi connectivity index (χ1) is 9.40. The highest BCUT2D eigenvalue weighted by Gasteiger charge is 2.24. The van der Waals surface area contributed by atoms with Crippen LogP contribution in [0.5, 0.6) is 0 Å². The zero-order chi connectivity index (χ0) is 15.2. The molecule has 0 spiro atoms. The Hall–Kier alpha value is -1.40. The van der Waals surface area contributed by atoms with E-state index < -0.39 is 22.0 Å². The van der Waals surface area contributed by atoms with Crippen molar-refractivity contribution in [1.29, 1.82) is 0 Å². The van der Waals surface area contributed by atoms with Crippen molar-refractivity contribution in [2.24, 2.45) is 0 Å². The van der Waals surface area contributed by atoms with E-state index in [0.29, 0.717) is 12.8 Å². The second kappa shape index (κ2) is 7.40. The maximum Gasteiger partial charge on any atom is 0.321 e. The summed E-state index contributed by atoms with van der Waals surface area (Å²) in [4.78, 5) is 11.2. The summed E-state index contributed by atoms with van der Waals surface area (Å²) in [6.07, 6.45) is 2.49. The lowest BCUT2D eigenvalue weighted by atomic mass is 10.1. The number of carbonyl (C=O) groups is 1. The molecule has 1 aromatic rings. The van der Waals surface area contributed by atoms with Crippen molar-refractivity contribution in [3.05, 3.63) is 29.8 Å². The van der Waals surface area contributed by atoms with E-state index in [1.54, 1.807) is 12.1 Å². The average molecular weight is 299 g/mol. The minimum Gasteiger partial charge on any atom is -0.480 e. The monoisotopic (exact) mass is 299 g/mol. The fourth-order valence-electron chi connectivity index (χ4n) is 1.83. The van der Waals surface area contributed by atoms with Crippen LogP contribution in [0.1, 0.15) is 38.7 Å². The molecule has 0 aromatic heterocycles. The smallest absolute Gasteiger partial charge is 0.321 e. The topological polar surface area (TPSA) is 83.5 Å². The molecule has 112 valence electrons. The van der Waals surface area contributed by atoms with Gasteiger partial charge in [0.1, 0.15) is 6.04 Å². The molecular weight excluding hydrogens is 278 g/mol. The molecule has 6 heteroatoms. The zero-order valence-corrected chi connectivity index (χ0v) is 12.6. The van der Waals surface area contributed by atoms with Crippen molar-refractivity contribution >= 4 is 16.0 Å². The Balaban J connectivity index is 2.94. The van der Waals surface area contributed by atoms with Crippen LogP contribution >= 0.6 is 0 Å². The molecule has 0 radical (unpaired) electrons. The summed E-state index contributed by atoms with van der Waals surface area (Å²) in [6, 6.07) is 5.46. The van der Waals surface area contributed by atoms with Gasteiger partial charge in [0.2, 0.25) is 10.0 Å². The van der Waals surface area contributed by atoms with Gasteiger partial charge in [0.25, 0.3) is 0 Å². The minimum absolute atomic E-state index is 0.111. The summed E-state index contributed by atoms with van der Waals surface area (Å²) in [7, 11) is -3.80. The molecule has 0 aliphatic carbocycles. The van der Waals surface area contributed by atoms with Crippen LogP contribution in [0.3, 0.4) is 0 Å². The molecule has 1 aromatic carbocycles. The van der Waals surface area contributed by atoms with Crippen molar-refractivity contribution in [3.63, 3.8) is 0 Å². The summed E-state index contributed by atoms with van der Waals surface area (Å²) in [5, 5.41) is 9.08. The Morgan fingerprint density at radius 1 is 1.35 bits per heavy atom. The summed E-state index contributed by atoms with van der Waals surface area (Å²) < 4.78 is 26.7. The largest absolute Gasteiger partial charge is 0.480 e. The SMILES string of the molecule is CCCC[C@H](NS(=O)(=O)c1cccc(CC)c1)C(=O)O. The Bertz CT molecular complexity index is 554. The second-order valence-corrected chi connectivity index (χ2v) is 6.37. The van der Waals surface area contributed by atoms with Crippen molar-refractivity contribution in [3.8, 4) is 0 Å². The van der Waals surface area contributed by atoms with Gasteiger partial charge in [0, 0.05) is 0 Å². The van der Waals surface area contributed by atoms with Crippen LogP contribution in [0.25, 0.3) is 0 Å². The summed E-state index contributed by atoms with van der Waals surface area (Å²) in [5.74, 6) is -1.14. The van der Waals surface area contributed by atoms with E-state index in [1.807, 2.05) is 19.9 Å². The maximum absolute atomic E-state index is 12.2. The molecule has 0 bridgehead atoms. The molecule has 0 amide bonds. The van der Waals surface area contributed by atoms with Gasteiger partial charge in [-0.25, -0.2) is 8.42 Å². The van der Waals surface area contributed by atoms with E-state index in [9.17, 15) is 13.2 Å². The van der Waals surface area contributed by atoms with Crippen LogP contribution in [0.4, 0.5) is 0 Å². The van der Waals surface area contributed by atoms with E-state index in [2.05, 4.69) is 4.72 Å². The molecular formula is C14H21NO4S. The summed E-state index contributed by atoms with van der Waals surface area (Å²) in [6.45, 7) is 3.86. The molecule has 0 heterocycles. The first-order valence-electron chi connectivity index (χ1n) is 6.74. The third-order valence-electron chi connectivity index (χ3n) is 3.06. The lowest BCUT2D eigenvalue weighted by Crippen LogP contribution is -2.40. The van der Waals surface area contributed by atoms with Crippen LogP contribution in [0.2, 0.25) is 0 Å². The van der Waals surface area contributed by atoms with Crippen LogP contribution in [0.15, 0.2) is 29.2 Å². The van der Waals surface area contributed by atoms with Gasteiger partial charge < -0.3 is 5.11 Å². The van der Waals surface area contributed by atoms with E-state index in [-0.39, 0.29) is 4.90 Å². The molecule has 0 unspecified atom stereocenters. The quantitative estimate of drug-likeness (QED) is 0.770.